The molecule has 0 saturated heterocycles. The Bertz CT molecular complexity index is 5740. The summed E-state index contributed by atoms with van der Waals surface area (Å²) in [6, 6.07) is 36.5. The Hall–Kier alpha value is -12.4. The minimum atomic E-state index is -0.602. The minimum absolute atomic E-state index is 0.00523. The Labute approximate surface area is 602 Å². The van der Waals surface area contributed by atoms with Gasteiger partial charge in [0.15, 0.2) is 36.4 Å². The predicted octanol–water partition coefficient (Wildman–Crippen LogP) is 13.8. The van der Waals surface area contributed by atoms with Crippen molar-refractivity contribution >= 4 is 164 Å². The third-order valence-corrected chi connectivity index (χ3v) is 19.6. The van der Waals surface area contributed by atoms with Crippen LogP contribution >= 0.6 is 56.7 Å². The molecule has 0 fully saturated rings. The molecule has 0 spiro atoms. The number of nitriles is 1. The normalized spacial score (nSPS) is 10.7. The van der Waals surface area contributed by atoms with E-state index in [1.54, 1.807) is 41.6 Å². The second kappa shape index (κ2) is 32.7. The van der Waals surface area contributed by atoms with Crippen LogP contribution in [0.4, 0.5) is 4.39 Å². The summed E-state index contributed by atoms with van der Waals surface area (Å²) in [5, 5.41) is 24.9. The van der Waals surface area contributed by atoms with Gasteiger partial charge in [0.1, 0.15) is 24.1 Å². The van der Waals surface area contributed by atoms with Gasteiger partial charge < -0.3 is 44.4 Å². The summed E-state index contributed by atoms with van der Waals surface area (Å²) in [4.78, 5) is 144. The molecule has 0 radical (unpaired) electrons. The number of thiazole rings is 5. The Morgan fingerprint density at radius 3 is 1.28 bits per heavy atom. The fourth-order valence-electron chi connectivity index (χ4n) is 10.1. The SMILES string of the molecule is CC(C)c1csc(C(=O)c2c[nH]c3ccccc23)n1.COC(=O)CNC(=O)c1csc(C(=O)c2c[nH]c3ccccc23)n1.COC(=O)Cc1csc(C(=O)c2c[nH]c3ccccc23)n1.COC(=O)c1csc(C(=O)c2c[nH]c3ccc(F)cc23)n1.N#Cc1csc(C(=O)c2c[nH]c3ccccc23)n1. The fraction of sp³-hybridized carbons (Fsp3) is 0.110. The molecule has 10 heterocycles. The largest absolute Gasteiger partial charge is 0.469 e. The number of ether oxygens (including phenoxy) is 3. The monoisotopic (exact) mass is 1470 g/mol. The molecule has 0 atom stereocenters. The van der Waals surface area contributed by atoms with Crippen LogP contribution in [0.15, 0.2) is 173 Å². The lowest BCUT2D eigenvalue weighted by Crippen LogP contribution is -2.30. The summed E-state index contributed by atoms with van der Waals surface area (Å²) in [5.41, 5.74) is 8.98. The highest BCUT2D eigenvalue weighted by Crippen LogP contribution is 2.29. The molecule has 30 heteroatoms. The molecule has 1 amide bonds. The van der Waals surface area contributed by atoms with E-state index in [1.165, 1.54) is 84.4 Å². The Morgan fingerprint density at radius 1 is 0.456 bits per heavy atom. The lowest BCUT2D eigenvalue weighted by atomic mass is 10.1. The highest BCUT2D eigenvalue weighted by Gasteiger charge is 2.25. The standard InChI is InChI=1S/C16H13N3O4S.C15H12N2O3S.C15H14N2OS.C14H9FN2O3S.C13H7N3OS/c1-23-13(20)7-18-15(22)12-8-24-16(19-12)14(21)10-6-17-11-5-3-2-4-9(10)11;1-20-13(18)6-9-8-21-15(17-9)14(19)11-7-16-12-5-3-2-4-10(11)12;1-9(2)13-8-19-15(17-13)14(18)11-7-16-12-6-4-3-5-10(11)12;1-20-14(19)11-6-21-13(17-11)12(18)9-5-16-10-3-2-7(15)4-8(9)10;14-5-8-7-18-13(16-8)12(17)10-6-15-11-4-2-1-3-9(10)11/h2-6,8,17H,7H2,1H3,(H,18,22);2-5,7-8,16H,6H2,1H3;3-9,16H,1-2H3;2-6,16H,1H3;1-4,6-7,15H. The highest BCUT2D eigenvalue weighted by atomic mass is 32.1. The minimum Gasteiger partial charge on any atom is -0.469 e. The molecule has 516 valence electrons. The first-order chi connectivity index (χ1) is 49.8. The van der Waals surface area contributed by atoms with Gasteiger partial charge in [-0.3, -0.25) is 38.4 Å². The average Bonchev–Trinajstić information content (AvgIpc) is 1.69. The summed E-state index contributed by atoms with van der Waals surface area (Å²) in [5.74, 6) is -3.07. The number of nitrogens with zero attached hydrogens (tertiary/aromatic N) is 6. The van der Waals surface area contributed by atoms with Crippen molar-refractivity contribution in [2.75, 3.05) is 27.9 Å². The van der Waals surface area contributed by atoms with E-state index in [-0.39, 0.29) is 74.9 Å². The number of fused-ring (bicyclic) bond motifs is 5. The number of halogens is 1. The van der Waals surface area contributed by atoms with Crippen LogP contribution < -0.4 is 5.32 Å². The van der Waals surface area contributed by atoms with Gasteiger partial charge in [-0.1, -0.05) is 86.6 Å². The number of carbonyl (C=O) groups excluding carboxylic acids is 9. The van der Waals surface area contributed by atoms with Crippen molar-refractivity contribution in [3.63, 3.8) is 0 Å². The van der Waals surface area contributed by atoms with Crippen LogP contribution in [0.1, 0.15) is 135 Å². The number of rotatable bonds is 17. The van der Waals surface area contributed by atoms with Crippen molar-refractivity contribution < 1.29 is 61.8 Å². The van der Waals surface area contributed by atoms with Crippen molar-refractivity contribution in [1.82, 2.24) is 55.2 Å². The Balaban J connectivity index is 0.000000130. The van der Waals surface area contributed by atoms with Gasteiger partial charge in [-0.05, 0) is 48.4 Å². The number of para-hydroxylation sites is 4. The van der Waals surface area contributed by atoms with Crippen LogP contribution in [0, 0.1) is 17.1 Å². The first-order valence-corrected chi connectivity index (χ1v) is 35.2. The van der Waals surface area contributed by atoms with Crippen molar-refractivity contribution in [2.45, 2.75) is 26.2 Å². The van der Waals surface area contributed by atoms with Gasteiger partial charge in [-0.15, -0.1) is 56.7 Å². The number of carbonyl (C=O) groups is 9. The van der Waals surface area contributed by atoms with E-state index in [0.29, 0.717) is 65.4 Å². The molecule has 6 N–H and O–H groups in total. The molecule has 0 bridgehead atoms. The third kappa shape index (κ3) is 16.6. The van der Waals surface area contributed by atoms with Gasteiger partial charge in [0.25, 0.3) is 5.91 Å². The number of benzene rings is 5. The van der Waals surface area contributed by atoms with Gasteiger partial charge >= 0.3 is 17.9 Å². The van der Waals surface area contributed by atoms with Crippen LogP contribution in [0.3, 0.4) is 0 Å². The molecule has 0 aliphatic carbocycles. The third-order valence-electron chi connectivity index (χ3n) is 15.3. The summed E-state index contributed by atoms with van der Waals surface area (Å²) in [6.07, 6.45) is 8.35. The quantitative estimate of drug-likeness (QED) is 0.0280. The molecule has 10 aromatic heterocycles. The zero-order chi connectivity index (χ0) is 72.8. The smallest absolute Gasteiger partial charge is 0.357 e. The first kappa shape index (κ1) is 71.9. The molecule has 103 heavy (non-hydrogen) atoms. The van der Waals surface area contributed by atoms with Gasteiger partial charge in [0.2, 0.25) is 28.9 Å². The van der Waals surface area contributed by atoms with Crippen molar-refractivity contribution in [1.29, 1.82) is 5.26 Å². The molecular weight excluding hydrogens is 1420 g/mol. The number of esters is 3. The average molecular weight is 1470 g/mol. The number of aromatic nitrogens is 10. The maximum atomic E-state index is 13.3. The number of ketones is 5. The van der Waals surface area contributed by atoms with E-state index in [4.69, 9.17) is 5.26 Å². The van der Waals surface area contributed by atoms with Crippen molar-refractivity contribution in [3.05, 3.63) is 260 Å². The maximum absolute atomic E-state index is 13.3. The molecule has 24 nitrogen and oxygen atoms in total. The summed E-state index contributed by atoms with van der Waals surface area (Å²) < 4.78 is 26.9. The highest BCUT2D eigenvalue weighted by molar-refractivity contribution is 7.13. The number of hydrogen-bond acceptors (Lipinski definition) is 23. The molecule has 0 unspecified atom stereocenters. The number of aromatic amines is 5. The van der Waals surface area contributed by atoms with E-state index < -0.39 is 23.7 Å². The van der Waals surface area contributed by atoms with Crippen LogP contribution in [0.5, 0.6) is 0 Å². The van der Waals surface area contributed by atoms with Gasteiger partial charge in [-0.2, -0.15) is 5.26 Å². The maximum Gasteiger partial charge on any atom is 0.357 e. The van der Waals surface area contributed by atoms with E-state index in [1.807, 2.05) is 109 Å². The Morgan fingerprint density at radius 2 is 0.845 bits per heavy atom. The molecule has 15 aromatic rings. The summed E-state index contributed by atoms with van der Waals surface area (Å²) in [7, 11) is 3.80. The number of nitrogens with one attached hydrogen (secondary N) is 6. The summed E-state index contributed by atoms with van der Waals surface area (Å²) >= 11 is 5.97. The number of amides is 1. The van der Waals surface area contributed by atoms with E-state index in [2.05, 4.69) is 83.2 Å². The van der Waals surface area contributed by atoms with Gasteiger partial charge in [-0.25, -0.2) is 34.1 Å². The van der Waals surface area contributed by atoms with Gasteiger partial charge in [0.05, 0.1) is 67.0 Å². The first-order valence-electron chi connectivity index (χ1n) is 30.8. The van der Waals surface area contributed by atoms with E-state index >= 15 is 0 Å². The number of methoxy groups -OCH3 is 3. The number of hydrogen-bond donors (Lipinski definition) is 6. The molecule has 0 aliphatic heterocycles. The van der Waals surface area contributed by atoms with Crippen LogP contribution in [-0.2, 0) is 30.2 Å². The summed E-state index contributed by atoms with van der Waals surface area (Å²) in [6.45, 7) is 3.91. The molecule has 5 aromatic carbocycles. The van der Waals surface area contributed by atoms with Crippen molar-refractivity contribution in [2.24, 2.45) is 0 Å². The van der Waals surface area contributed by atoms with Crippen LogP contribution in [0.2, 0.25) is 0 Å². The lowest BCUT2D eigenvalue weighted by Gasteiger charge is -2.00. The fourth-order valence-corrected chi connectivity index (χ4v) is 14.0. The lowest BCUT2D eigenvalue weighted by molar-refractivity contribution is -0.140. The Kier molecular flexibility index (Phi) is 22.8. The molecule has 0 aliphatic rings. The number of H-pyrrole nitrogens is 5. The zero-order valence-corrected chi connectivity index (χ0v) is 58.8. The predicted molar refractivity (Wildman–Crippen MR) is 389 cm³/mol. The van der Waals surface area contributed by atoms with Crippen LogP contribution in [0.25, 0.3) is 54.5 Å². The molecule has 15 rings (SSSR count). The second-order valence-electron chi connectivity index (χ2n) is 22.1. The second-order valence-corrected chi connectivity index (χ2v) is 26.4. The topological polar surface area (TPSA) is 361 Å². The van der Waals surface area contributed by atoms with Gasteiger partial charge in [0, 0.05) is 112 Å². The van der Waals surface area contributed by atoms with Crippen LogP contribution in [-0.4, -0.2) is 130 Å². The zero-order valence-electron chi connectivity index (χ0n) is 54.7. The van der Waals surface area contributed by atoms with Crippen molar-refractivity contribution in [3.8, 4) is 6.07 Å². The van der Waals surface area contributed by atoms with E-state index in [0.717, 1.165) is 72.0 Å². The molecule has 0 saturated carbocycles. The molecular formula is C73H55FN12O12S5. The van der Waals surface area contributed by atoms with E-state index in [9.17, 15) is 47.5 Å².